The lowest BCUT2D eigenvalue weighted by Crippen LogP contribution is -2.48. The van der Waals surface area contributed by atoms with Crippen molar-refractivity contribution >= 4 is 0 Å². The third kappa shape index (κ3) is 2.23. The highest BCUT2D eigenvalue weighted by Gasteiger charge is 2.22. The third-order valence-electron chi connectivity index (χ3n) is 3.82. The number of hydrogen-bond donors (Lipinski definition) is 2. The predicted molar refractivity (Wildman–Crippen MR) is 71.9 cm³/mol. The van der Waals surface area contributed by atoms with E-state index >= 15 is 0 Å². The molecule has 0 aromatic heterocycles. The second-order valence-corrected chi connectivity index (χ2v) is 4.94. The molecule has 1 atom stereocenters. The fourth-order valence-electron chi connectivity index (χ4n) is 2.88. The summed E-state index contributed by atoms with van der Waals surface area (Å²) in [6.45, 7) is 5.17. The van der Waals surface area contributed by atoms with E-state index in [-0.39, 0.29) is 0 Å². The molecule has 1 fully saturated rings. The van der Waals surface area contributed by atoms with Gasteiger partial charge in [-0.2, -0.15) is 0 Å². The van der Waals surface area contributed by atoms with Crippen LogP contribution in [0.4, 0.5) is 0 Å². The van der Waals surface area contributed by atoms with Crippen LogP contribution in [0.3, 0.4) is 0 Å². The van der Waals surface area contributed by atoms with Crippen LogP contribution in [0.15, 0.2) is 18.2 Å². The van der Waals surface area contributed by atoms with E-state index in [2.05, 4.69) is 33.7 Å². The van der Waals surface area contributed by atoms with Gasteiger partial charge in [0.2, 0.25) is 0 Å². The van der Waals surface area contributed by atoms with Crippen molar-refractivity contribution in [2.75, 3.05) is 39.8 Å². The highest BCUT2D eigenvalue weighted by Crippen LogP contribution is 2.29. The number of fused-ring (bicyclic) bond motifs is 1. The van der Waals surface area contributed by atoms with Gasteiger partial charge < -0.3 is 15.4 Å². The number of piperazine rings is 1. The number of rotatable bonds is 3. The normalized spacial score (nSPS) is 21.4. The Morgan fingerprint density at radius 2 is 2.17 bits per heavy atom. The Balaban J connectivity index is 1.82. The largest absolute Gasteiger partial charge is 0.493 e. The molecule has 2 heterocycles. The van der Waals surface area contributed by atoms with Gasteiger partial charge in [-0.25, -0.2) is 0 Å². The number of ether oxygens (including phenoxy) is 1. The van der Waals surface area contributed by atoms with E-state index in [1.807, 2.05) is 7.05 Å². The van der Waals surface area contributed by atoms with Crippen LogP contribution < -0.4 is 15.4 Å². The van der Waals surface area contributed by atoms with Crippen LogP contribution in [0.25, 0.3) is 0 Å². The molecule has 0 spiro atoms. The van der Waals surface area contributed by atoms with Crippen molar-refractivity contribution in [2.24, 2.45) is 0 Å². The summed E-state index contributed by atoms with van der Waals surface area (Å²) in [5.41, 5.74) is 2.70. The lowest BCUT2D eigenvalue weighted by atomic mass is 10.1. The van der Waals surface area contributed by atoms with Gasteiger partial charge in [0.15, 0.2) is 0 Å². The second-order valence-electron chi connectivity index (χ2n) is 4.94. The first kappa shape index (κ1) is 12.0. The average molecular weight is 247 g/mol. The zero-order valence-corrected chi connectivity index (χ0v) is 10.9. The molecule has 3 rings (SSSR count). The summed E-state index contributed by atoms with van der Waals surface area (Å²) in [7, 11) is 2.04. The fourth-order valence-corrected chi connectivity index (χ4v) is 2.88. The molecule has 0 aliphatic carbocycles. The summed E-state index contributed by atoms with van der Waals surface area (Å²) in [5.74, 6) is 1.06. The Morgan fingerprint density at radius 3 is 2.94 bits per heavy atom. The summed E-state index contributed by atoms with van der Waals surface area (Å²) in [6.07, 6.45) is 1.36. The van der Waals surface area contributed by atoms with Gasteiger partial charge in [0.25, 0.3) is 0 Å². The minimum absolute atomic E-state index is 0.318. The van der Waals surface area contributed by atoms with Gasteiger partial charge in [0.05, 0.1) is 12.8 Å². The summed E-state index contributed by atoms with van der Waals surface area (Å²) >= 11 is 0. The molecule has 0 bridgehead atoms. The van der Waals surface area contributed by atoms with E-state index in [1.165, 1.54) is 11.1 Å². The van der Waals surface area contributed by atoms with Crippen molar-refractivity contribution in [3.05, 3.63) is 29.3 Å². The first-order valence-electron chi connectivity index (χ1n) is 6.76. The molecule has 1 saturated heterocycles. The SMILES string of the molecule is CNC(c1ccc2c(c1)CCO2)N1CCNCC1. The zero-order valence-electron chi connectivity index (χ0n) is 10.9. The van der Waals surface area contributed by atoms with Crippen LogP contribution in [-0.2, 0) is 6.42 Å². The van der Waals surface area contributed by atoms with Gasteiger partial charge in [-0.3, -0.25) is 4.90 Å². The van der Waals surface area contributed by atoms with Crippen LogP contribution in [-0.4, -0.2) is 44.7 Å². The Labute approximate surface area is 108 Å². The Hall–Kier alpha value is -1.10. The topological polar surface area (TPSA) is 36.5 Å². The van der Waals surface area contributed by atoms with E-state index in [9.17, 15) is 0 Å². The molecule has 0 saturated carbocycles. The Bertz CT molecular complexity index is 416. The fraction of sp³-hybridized carbons (Fsp3) is 0.571. The number of nitrogens with zero attached hydrogens (tertiary/aromatic N) is 1. The summed E-state index contributed by atoms with van der Waals surface area (Å²) < 4.78 is 5.57. The molecule has 2 aliphatic rings. The van der Waals surface area contributed by atoms with Crippen LogP contribution in [0.2, 0.25) is 0 Å². The minimum Gasteiger partial charge on any atom is -0.493 e. The van der Waals surface area contributed by atoms with Crippen LogP contribution in [0.5, 0.6) is 5.75 Å². The van der Waals surface area contributed by atoms with Crippen LogP contribution in [0.1, 0.15) is 17.3 Å². The molecule has 4 heteroatoms. The quantitative estimate of drug-likeness (QED) is 0.826. The number of hydrogen-bond acceptors (Lipinski definition) is 4. The molecular formula is C14H21N3O. The molecule has 1 aromatic carbocycles. The van der Waals surface area contributed by atoms with E-state index in [0.717, 1.165) is 45.0 Å². The summed E-state index contributed by atoms with van der Waals surface area (Å²) in [4.78, 5) is 2.49. The van der Waals surface area contributed by atoms with Gasteiger partial charge in [0.1, 0.15) is 5.75 Å². The lowest BCUT2D eigenvalue weighted by Gasteiger charge is -2.35. The van der Waals surface area contributed by atoms with Gasteiger partial charge in [0, 0.05) is 32.6 Å². The zero-order chi connectivity index (χ0) is 12.4. The first-order chi connectivity index (χ1) is 8.88. The number of benzene rings is 1. The van der Waals surface area contributed by atoms with Gasteiger partial charge in [-0.05, 0) is 30.3 Å². The van der Waals surface area contributed by atoms with E-state index in [1.54, 1.807) is 0 Å². The van der Waals surface area contributed by atoms with Crippen molar-refractivity contribution < 1.29 is 4.74 Å². The third-order valence-corrected chi connectivity index (χ3v) is 3.82. The maximum atomic E-state index is 5.57. The molecule has 18 heavy (non-hydrogen) atoms. The smallest absolute Gasteiger partial charge is 0.122 e. The summed E-state index contributed by atoms with van der Waals surface area (Å²) in [5, 5.41) is 6.83. The molecular weight excluding hydrogens is 226 g/mol. The highest BCUT2D eigenvalue weighted by atomic mass is 16.5. The van der Waals surface area contributed by atoms with Gasteiger partial charge in [-0.15, -0.1) is 0 Å². The van der Waals surface area contributed by atoms with Crippen molar-refractivity contribution in [1.82, 2.24) is 15.5 Å². The molecule has 4 nitrogen and oxygen atoms in total. The average Bonchev–Trinajstić information content (AvgIpc) is 2.88. The van der Waals surface area contributed by atoms with Crippen molar-refractivity contribution in [3.8, 4) is 5.75 Å². The second kappa shape index (κ2) is 5.26. The molecule has 1 unspecified atom stereocenters. The van der Waals surface area contributed by atoms with Crippen LogP contribution in [0, 0.1) is 0 Å². The highest BCUT2D eigenvalue weighted by molar-refractivity contribution is 5.40. The molecule has 0 amide bonds. The van der Waals surface area contributed by atoms with Crippen LogP contribution >= 0.6 is 0 Å². The molecule has 0 radical (unpaired) electrons. The molecule has 98 valence electrons. The van der Waals surface area contributed by atoms with E-state index in [4.69, 9.17) is 4.74 Å². The Morgan fingerprint density at radius 1 is 1.33 bits per heavy atom. The predicted octanol–water partition coefficient (Wildman–Crippen LogP) is 0.745. The first-order valence-corrected chi connectivity index (χ1v) is 6.76. The van der Waals surface area contributed by atoms with Crippen molar-refractivity contribution in [3.63, 3.8) is 0 Å². The molecule has 2 N–H and O–H groups in total. The van der Waals surface area contributed by atoms with E-state index < -0.39 is 0 Å². The minimum atomic E-state index is 0.318. The maximum absolute atomic E-state index is 5.57. The standard InChI is InChI=1S/C14H21N3O/c1-15-14(17-7-5-16-6-8-17)12-2-3-13-11(10-12)4-9-18-13/h2-3,10,14-16H,4-9H2,1H3. The van der Waals surface area contributed by atoms with E-state index in [0.29, 0.717) is 6.17 Å². The van der Waals surface area contributed by atoms with Gasteiger partial charge >= 0.3 is 0 Å². The van der Waals surface area contributed by atoms with Crippen molar-refractivity contribution in [1.29, 1.82) is 0 Å². The number of nitrogens with one attached hydrogen (secondary N) is 2. The lowest BCUT2D eigenvalue weighted by molar-refractivity contribution is 0.153. The van der Waals surface area contributed by atoms with Crippen molar-refractivity contribution in [2.45, 2.75) is 12.6 Å². The summed E-state index contributed by atoms with van der Waals surface area (Å²) in [6, 6.07) is 6.60. The Kier molecular flexibility index (Phi) is 3.50. The molecule has 1 aromatic rings. The van der Waals surface area contributed by atoms with Gasteiger partial charge in [-0.1, -0.05) is 6.07 Å². The monoisotopic (exact) mass is 247 g/mol. The molecule has 2 aliphatic heterocycles. The maximum Gasteiger partial charge on any atom is 0.122 e.